The van der Waals surface area contributed by atoms with Crippen molar-refractivity contribution in [3.8, 4) is 11.5 Å². The van der Waals surface area contributed by atoms with Crippen LogP contribution >= 0.6 is 12.4 Å². The molecule has 1 fully saturated rings. The van der Waals surface area contributed by atoms with Gasteiger partial charge >= 0.3 is 0 Å². The van der Waals surface area contributed by atoms with Crippen LogP contribution in [0, 0.1) is 0 Å². The van der Waals surface area contributed by atoms with E-state index in [1.54, 1.807) is 14.2 Å². The maximum absolute atomic E-state index is 6.00. The van der Waals surface area contributed by atoms with Crippen LogP contribution in [-0.2, 0) is 0 Å². The zero-order valence-electron chi connectivity index (χ0n) is 12.9. The van der Waals surface area contributed by atoms with E-state index in [9.17, 15) is 0 Å². The summed E-state index contributed by atoms with van der Waals surface area (Å²) in [6.07, 6.45) is 3.90. The van der Waals surface area contributed by atoms with E-state index in [4.69, 9.17) is 15.2 Å². The molecule has 0 bridgehead atoms. The lowest BCUT2D eigenvalue weighted by atomic mass is 10.0. The molecule has 1 aliphatic rings. The van der Waals surface area contributed by atoms with Crippen molar-refractivity contribution in [2.24, 2.45) is 5.73 Å². The summed E-state index contributed by atoms with van der Waals surface area (Å²) in [5.41, 5.74) is 8.10. The molecular weight excluding hydrogens is 302 g/mol. The molecule has 22 heavy (non-hydrogen) atoms. The smallest absolute Gasteiger partial charge is 0.162 e. The van der Waals surface area contributed by atoms with E-state index >= 15 is 0 Å². The monoisotopic (exact) mass is 323 g/mol. The fourth-order valence-corrected chi connectivity index (χ4v) is 2.87. The number of pyridine rings is 1. The van der Waals surface area contributed by atoms with Gasteiger partial charge in [0.05, 0.1) is 19.7 Å². The molecule has 0 saturated carbocycles. The van der Waals surface area contributed by atoms with Crippen LogP contribution in [0.5, 0.6) is 11.5 Å². The van der Waals surface area contributed by atoms with Gasteiger partial charge in [0.2, 0.25) is 0 Å². The van der Waals surface area contributed by atoms with Gasteiger partial charge < -0.3 is 20.1 Å². The summed E-state index contributed by atoms with van der Waals surface area (Å²) in [7, 11) is 3.29. The van der Waals surface area contributed by atoms with Crippen molar-refractivity contribution in [1.29, 1.82) is 0 Å². The van der Waals surface area contributed by atoms with Crippen LogP contribution in [0.25, 0.3) is 10.9 Å². The molecule has 0 aliphatic carbocycles. The van der Waals surface area contributed by atoms with Crippen LogP contribution < -0.4 is 20.1 Å². The van der Waals surface area contributed by atoms with E-state index < -0.39 is 0 Å². The van der Waals surface area contributed by atoms with Gasteiger partial charge in [0.15, 0.2) is 11.5 Å². The highest BCUT2D eigenvalue weighted by Gasteiger charge is 2.19. The predicted octanol–water partition coefficient (Wildman–Crippen LogP) is 2.60. The number of hydrogen-bond donors (Lipinski definition) is 1. The number of rotatable bonds is 3. The fourth-order valence-electron chi connectivity index (χ4n) is 2.87. The minimum atomic E-state index is 0. The molecule has 0 unspecified atom stereocenters. The van der Waals surface area contributed by atoms with Crippen molar-refractivity contribution in [3.05, 3.63) is 24.4 Å². The van der Waals surface area contributed by atoms with Gasteiger partial charge in [-0.3, -0.25) is 4.98 Å². The van der Waals surface area contributed by atoms with E-state index in [0.29, 0.717) is 11.8 Å². The average molecular weight is 324 g/mol. The number of nitrogens with two attached hydrogens (primary N) is 1. The van der Waals surface area contributed by atoms with E-state index in [1.807, 2.05) is 18.3 Å². The van der Waals surface area contributed by atoms with Crippen LogP contribution in [0.15, 0.2) is 24.4 Å². The Labute approximate surface area is 136 Å². The lowest BCUT2D eigenvalue weighted by Gasteiger charge is -2.32. The minimum Gasteiger partial charge on any atom is -0.493 e. The Balaban J connectivity index is 0.00000176. The Kier molecular flexibility index (Phi) is 5.32. The van der Waals surface area contributed by atoms with Gasteiger partial charge in [-0.05, 0) is 25.0 Å². The van der Waals surface area contributed by atoms with E-state index in [-0.39, 0.29) is 12.4 Å². The molecule has 2 N–H and O–H groups in total. The standard InChI is InChI=1S/C16H21N3O2.ClH/c1-20-15-9-12-13(10-16(15)21-2)18-6-3-14(12)19-7-4-11(17)5-8-19;/h3,6,9-11H,4-5,7-8,17H2,1-2H3;1H. The molecule has 1 saturated heterocycles. The third-order valence-electron chi connectivity index (χ3n) is 4.10. The summed E-state index contributed by atoms with van der Waals surface area (Å²) in [5.74, 6) is 1.43. The summed E-state index contributed by atoms with van der Waals surface area (Å²) < 4.78 is 10.8. The summed E-state index contributed by atoms with van der Waals surface area (Å²) >= 11 is 0. The lowest BCUT2D eigenvalue weighted by Crippen LogP contribution is -2.39. The first kappa shape index (κ1) is 16.6. The van der Waals surface area contributed by atoms with E-state index in [1.165, 1.54) is 5.69 Å². The van der Waals surface area contributed by atoms with Crippen molar-refractivity contribution in [2.75, 3.05) is 32.2 Å². The van der Waals surface area contributed by atoms with Crippen LogP contribution in [0.3, 0.4) is 0 Å². The molecule has 5 nitrogen and oxygen atoms in total. The lowest BCUT2D eigenvalue weighted by molar-refractivity contribution is 0.356. The van der Waals surface area contributed by atoms with Gasteiger partial charge in [-0.2, -0.15) is 0 Å². The average Bonchev–Trinajstić information content (AvgIpc) is 2.53. The highest BCUT2D eigenvalue weighted by atomic mass is 35.5. The van der Waals surface area contributed by atoms with Crippen molar-refractivity contribution in [3.63, 3.8) is 0 Å². The summed E-state index contributed by atoms with van der Waals surface area (Å²) in [6, 6.07) is 6.31. The molecule has 2 heterocycles. The van der Waals surface area contributed by atoms with Crippen LogP contribution in [0.2, 0.25) is 0 Å². The van der Waals surface area contributed by atoms with Gasteiger partial charge in [-0.1, -0.05) is 0 Å². The second-order valence-electron chi connectivity index (χ2n) is 5.38. The third-order valence-corrected chi connectivity index (χ3v) is 4.10. The first-order chi connectivity index (χ1) is 10.2. The highest BCUT2D eigenvalue weighted by molar-refractivity contribution is 5.94. The number of piperidine rings is 1. The Hall–Kier alpha value is -1.72. The molecule has 3 rings (SSSR count). The molecule has 1 aliphatic heterocycles. The van der Waals surface area contributed by atoms with Crippen LogP contribution in [0.1, 0.15) is 12.8 Å². The van der Waals surface area contributed by atoms with Gasteiger partial charge in [0.1, 0.15) is 0 Å². The van der Waals surface area contributed by atoms with Crippen LogP contribution in [-0.4, -0.2) is 38.3 Å². The molecule has 1 aromatic carbocycles. The maximum atomic E-state index is 6.00. The molecule has 1 aromatic heterocycles. The summed E-state index contributed by atoms with van der Waals surface area (Å²) in [6.45, 7) is 1.96. The number of aromatic nitrogens is 1. The Morgan fingerprint density at radius 1 is 1.14 bits per heavy atom. The quantitative estimate of drug-likeness (QED) is 0.940. The molecular formula is C16H22ClN3O2. The number of anilines is 1. The molecule has 0 radical (unpaired) electrons. The van der Waals surface area contributed by atoms with Crippen molar-refractivity contribution >= 4 is 29.0 Å². The zero-order valence-corrected chi connectivity index (χ0v) is 13.7. The predicted molar refractivity (Wildman–Crippen MR) is 91.5 cm³/mol. The number of benzene rings is 1. The van der Waals surface area contributed by atoms with E-state index in [0.717, 1.165) is 42.6 Å². The number of fused-ring (bicyclic) bond motifs is 1. The Bertz CT molecular complexity index is 643. The van der Waals surface area contributed by atoms with E-state index in [2.05, 4.69) is 16.0 Å². The molecule has 120 valence electrons. The van der Waals surface area contributed by atoms with Crippen LogP contribution in [0.4, 0.5) is 5.69 Å². The SMILES string of the molecule is COc1cc2nccc(N3CCC(N)CC3)c2cc1OC.Cl. The molecule has 0 atom stereocenters. The van der Waals surface area contributed by atoms with Gasteiger partial charge in [0.25, 0.3) is 0 Å². The number of halogens is 1. The fraction of sp³-hybridized carbons (Fsp3) is 0.438. The molecule has 0 amide bonds. The molecule has 6 heteroatoms. The first-order valence-corrected chi connectivity index (χ1v) is 7.24. The number of ether oxygens (including phenoxy) is 2. The second-order valence-corrected chi connectivity index (χ2v) is 5.38. The first-order valence-electron chi connectivity index (χ1n) is 7.24. The largest absolute Gasteiger partial charge is 0.493 e. The minimum absolute atomic E-state index is 0. The maximum Gasteiger partial charge on any atom is 0.162 e. The van der Waals surface area contributed by atoms with Crippen molar-refractivity contribution in [1.82, 2.24) is 4.98 Å². The normalized spacial score (nSPS) is 15.5. The highest BCUT2D eigenvalue weighted by Crippen LogP contribution is 2.36. The molecule has 2 aromatic rings. The summed E-state index contributed by atoms with van der Waals surface area (Å²) in [5, 5.41) is 1.09. The number of hydrogen-bond acceptors (Lipinski definition) is 5. The van der Waals surface area contributed by atoms with Crippen molar-refractivity contribution in [2.45, 2.75) is 18.9 Å². The number of nitrogens with zero attached hydrogens (tertiary/aromatic N) is 2. The van der Waals surface area contributed by atoms with Gasteiger partial charge in [-0.25, -0.2) is 0 Å². The molecule has 0 spiro atoms. The van der Waals surface area contributed by atoms with Gasteiger partial charge in [0, 0.05) is 42.5 Å². The summed E-state index contributed by atoms with van der Waals surface area (Å²) in [4.78, 5) is 6.82. The second kappa shape index (κ2) is 7.03. The Morgan fingerprint density at radius 2 is 1.77 bits per heavy atom. The zero-order chi connectivity index (χ0) is 14.8. The topological polar surface area (TPSA) is 60.6 Å². The number of methoxy groups -OCH3 is 2. The van der Waals surface area contributed by atoms with Gasteiger partial charge in [-0.15, -0.1) is 12.4 Å². The third kappa shape index (κ3) is 3.05. The Morgan fingerprint density at radius 3 is 2.41 bits per heavy atom. The van der Waals surface area contributed by atoms with Crippen molar-refractivity contribution < 1.29 is 9.47 Å².